The fourth-order valence-electron chi connectivity index (χ4n) is 8.16. The molecule has 44 heavy (non-hydrogen) atoms. The third kappa shape index (κ3) is 5.18. The standard InChI is InChI=1S/C33H41NO10/c1-7-25(36)40-17-32(5)22-15-24(43-26(37)8-2)33(6)29(31(22,4)12-11-23(32)41-18(3)35)28(38)27-21(44-33)14-20(42-30(27)39)19-10-9-13-34-16-19/h9-10,13-14,16,22-24,28-29,38H,7-8,11-12,15,17H2,1-6H3. The first-order chi connectivity index (χ1) is 20.8. The van der Waals surface area contributed by atoms with E-state index in [1.807, 2.05) is 20.8 Å². The van der Waals surface area contributed by atoms with Gasteiger partial charge in [0.05, 0.1) is 6.10 Å². The van der Waals surface area contributed by atoms with Crippen LogP contribution < -0.4 is 10.4 Å². The van der Waals surface area contributed by atoms with E-state index in [4.69, 9.17) is 23.4 Å². The van der Waals surface area contributed by atoms with E-state index in [0.29, 0.717) is 18.4 Å². The number of rotatable bonds is 7. The highest BCUT2D eigenvalue weighted by Gasteiger charge is 2.70. The van der Waals surface area contributed by atoms with E-state index in [1.165, 1.54) is 6.92 Å². The lowest BCUT2D eigenvalue weighted by Gasteiger charge is -2.66. The molecule has 0 spiro atoms. The SMILES string of the molecule is CCC(=O)OCC1(C)C(OC(C)=O)CCC2(C)C1CC(OC(=O)CC)C1(C)Oc3cc(-c4cccnc4)oc(=O)c3C(O)C21. The van der Waals surface area contributed by atoms with Gasteiger partial charge in [0.2, 0.25) is 0 Å². The first-order valence-corrected chi connectivity index (χ1v) is 15.3. The molecule has 3 heterocycles. The van der Waals surface area contributed by atoms with Crippen molar-refractivity contribution in [3.8, 4) is 17.1 Å². The van der Waals surface area contributed by atoms with E-state index < -0.39 is 64.2 Å². The molecule has 2 aliphatic carbocycles. The Morgan fingerprint density at radius 3 is 2.45 bits per heavy atom. The molecule has 238 valence electrons. The number of pyridine rings is 1. The minimum absolute atomic E-state index is 0.0104. The number of carbonyl (C=O) groups is 3. The van der Waals surface area contributed by atoms with Crippen molar-refractivity contribution >= 4 is 17.9 Å². The minimum atomic E-state index is -1.34. The second kappa shape index (κ2) is 11.6. The van der Waals surface area contributed by atoms with Gasteiger partial charge in [0.1, 0.15) is 41.5 Å². The molecule has 5 rings (SSSR count). The summed E-state index contributed by atoms with van der Waals surface area (Å²) in [4.78, 5) is 55.0. The fourth-order valence-corrected chi connectivity index (χ4v) is 8.16. The molecule has 1 aliphatic heterocycles. The van der Waals surface area contributed by atoms with Crippen molar-refractivity contribution in [1.82, 2.24) is 4.98 Å². The summed E-state index contributed by atoms with van der Waals surface area (Å²) in [6, 6.07) is 5.02. The number of hydrogen-bond acceptors (Lipinski definition) is 11. The van der Waals surface area contributed by atoms with Crippen LogP contribution in [0.4, 0.5) is 0 Å². The molecule has 8 unspecified atom stereocenters. The minimum Gasteiger partial charge on any atom is -0.482 e. The zero-order chi connectivity index (χ0) is 32.0. The lowest BCUT2D eigenvalue weighted by molar-refractivity contribution is -0.271. The fraction of sp³-hybridized carbons (Fsp3) is 0.606. The lowest BCUT2D eigenvalue weighted by atomic mass is 9.42. The molecule has 1 N–H and O–H groups in total. The van der Waals surface area contributed by atoms with Gasteiger partial charge in [0.15, 0.2) is 0 Å². The monoisotopic (exact) mass is 611 g/mol. The summed E-state index contributed by atoms with van der Waals surface area (Å²) >= 11 is 0. The summed E-state index contributed by atoms with van der Waals surface area (Å²) in [5.41, 5.74) is -3.09. The highest BCUT2D eigenvalue weighted by molar-refractivity contribution is 5.70. The molecule has 0 aromatic carbocycles. The Morgan fingerprint density at radius 1 is 1.09 bits per heavy atom. The number of aromatic nitrogens is 1. The Morgan fingerprint density at radius 2 is 1.82 bits per heavy atom. The molecule has 0 amide bonds. The third-order valence-electron chi connectivity index (χ3n) is 10.2. The van der Waals surface area contributed by atoms with Gasteiger partial charge >= 0.3 is 23.5 Å². The van der Waals surface area contributed by atoms with E-state index >= 15 is 0 Å². The molecule has 2 saturated carbocycles. The smallest absolute Gasteiger partial charge is 0.345 e. The number of esters is 3. The molecule has 0 bridgehead atoms. The van der Waals surface area contributed by atoms with Gasteiger partial charge in [-0.05, 0) is 49.7 Å². The second-order valence-electron chi connectivity index (χ2n) is 12.9. The number of carbonyl (C=O) groups excluding carboxylic acids is 3. The van der Waals surface area contributed by atoms with Crippen LogP contribution in [0.25, 0.3) is 11.3 Å². The van der Waals surface area contributed by atoms with Crippen LogP contribution in [0.2, 0.25) is 0 Å². The predicted octanol–water partition coefficient (Wildman–Crippen LogP) is 4.54. The summed E-state index contributed by atoms with van der Waals surface area (Å²) in [7, 11) is 0. The number of fused-ring (bicyclic) bond motifs is 4. The zero-order valence-electron chi connectivity index (χ0n) is 26.1. The molecule has 2 aromatic rings. The van der Waals surface area contributed by atoms with Crippen molar-refractivity contribution in [3.05, 3.63) is 46.6 Å². The van der Waals surface area contributed by atoms with Gasteiger partial charge in [-0.1, -0.05) is 27.7 Å². The normalized spacial score (nSPS) is 33.9. The summed E-state index contributed by atoms with van der Waals surface area (Å²) < 4.78 is 29.9. The topological polar surface area (TPSA) is 151 Å². The van der Waals surface area contributed by atoms with Gasteiger partial charge in [0.25, 0.3) is 0 Å². The van der Waals surface area contributed by atoms with Crippen LogP contribution in [-0.2, 0) is 28.6 Å². The van der Waals surface area contributed by atoms with Crippen LogP contribution in [0.1, 0.15) is 85.3 Å². The van der Waals surface area contributed by atoms with Crippen LogP contribution in [0.5, 0.6) is 5.75 Å². The van der Waals surface area contributed by atoms with E-state index in [0.717, 1.165) is 0 Å². The number of hydrogen-bond donors (Lipinski definition) is 1. The first kappa shape index (κ1) is 31.7. The molecule has 2 aromatic heterocycles. The van der Waals surface area contributed by atoms with Crippen molar-refractivity contribution < 1.29 is 42.9 Å². The Bertz CT molecular complexity index is 1490. The van der Waals surface area contributed by atoms with Crippen LogP contribution in [0.3, 0.4) is 0 Å². The number of aliphatic hydroxyl groups excluding tert-OH is 1. The molecular weight excluding hydrogens is 570 g/mol. The third-order valence-corrected chi connectivity index (χ3v) is 10.2. The quantitative estimate of drug-likeness (QED) is 0.347. The molecule has 0 saturated heterocycles. The average molecular weight is 612 g/mol. The summed E-state index contributed by atoms with van der Waals surface area (Å²) in [6.07, 6.45) is 1.86. The number of aliphatic hydroxyl groups is 1. The number of ether oxygens (including phenoxy) is 4. The predicted molar refractivity (Wildman–Crippen MR) is 156 cm³/mol. The van der Waals surface area contributed by atoms with Gasteiger partial charge < -0.3 is 28.5 Å². The summed E-state index contributed by atoms with van der Waals surface area (Å²) in [5.74, 6) is -2.05. The summed E-state index contributed by atoms with van der Waals surface area (Å²) in [5, 5.41) is 12.2. The largest absolute Gasteiger partial charge is 0.482 e. The van der Waals surface area contributed by atoms with Crippen molar-refractivity contribution in [3.63, 3.8) is 0 Å². The van der Waals surface area contributed by atoms with Crippen LogP contribution in [0, 0.1) is 22.7 Å². The maximum atomic E-state index is 13.5. The maximum Gasteiger partial charge on any atom is 0.345 e. The van der Waals surface area contributed by atoms with Crippen molar-refractivity contribution in [2.45, 2.75) is 97.6 Å². The molecule has 11 nitrogen and oxygen atoms in total. The van der Waals surface area contributed by atoms with E-state index in [1.54, 1.807) is 44.4 Å². The first-order valence-electron chi connectivity index (χ1n) is 15.3. The second-order valence-corrected chi connectivity index (χ2v) is 12.9. The van der Waals surface area contributed by atoms with Gasteiger partial charge in [0, 0.05) is 55.1 Å². The molecule has 11 heteroatoms. The Hall–Kier alpha value is -3.73. The average Bonchev–Trinajstić information content (AvgIpc) is 2.98. The van der Waals surface area contributed by atoms with Crippen molar-refractivity contribution in [2.75, 3.05) is 6.61 Å². The molecule has 8 atom stereocenters. The summed E-state index contributed by atoms with van der Waals surface area (Å²) in [6.45, 7) is 10.4. The lowest BCUT2D eigenvalue weighted by Crippen LogP contribution is -2.71. The van der Waals surface area contributed by atoms with Crippen LogP contribution in [0.15, 0.2) is 39.8 Å². The zero-order valence-corrected chi connectivity index (χ0v) is 26.1. The van der Waals surface area contributed by atoms with Crippen molar-refractivity contribution in [1.29, 1.82) is 0 Å². The Kier molecular flexibility index (Phi) is 8.39. The Balaban J connectivity index is 1.66. The molecule has 3 aliphatic rings. The van der Waals surface area contributed by atoms with E-state index in [2.05, 4.69) is 4.98 Å². The Labute approximate surface area is 256 Å². The number of nitrogens with zero attached hydrogens (tertiary/aromatic N) is 1. The van der Waals surface area contributed by atoms with Gasteiger partial charge in [-0.2, -0.15) is 0 Å². The van der Waals surface area contributed by atoms with Crippen LogP contribution >= 0.6 is 0 Å². The van der Waals surface area contributed by atoms with Gasteiger partial charge in [-0.15, -0.1) is 0 Å². The maximum absolute atomic E-state index is 13.5. The van der Waals surface area contributed by atoms with E-state index in [-0.39, 0.29) is 48.9 Å². The van der Waals surface area contributed by atoms with Crippen LogP contribution in [-0.4, -0.2) is 52.4 Å². The van der Waals surface area contributed by atoms with Gasteiger partial charge in [-0.25, -0.2) is 4.79 Å². The molecule has 0 radical (unpaired) electrons. The highest BCUT2D eigenvalue weighted by Crippen LogP contribution is 2.67. The van der Waals surface area contributed by atoms with Crippen molar-refractivity contribution in [2.24, 2.45) is 22.7 Å². The highest BCUT2D eigenvalue weighted by atomic mass is 16.6. The molecule has 2 fully saturated rings. The molecular formula is C33H41NO10. The van der Waals surface area contributed by atoms with Gasteiger partial charge in [-0.3, -0.25) is 19.4 Å². The van der Waals surface area contributed by atoms with E-state index in [9.17, 15) is 24.3 Å².